The number of thioether (sulfide) groups is 1. The van der Waals surface area contributed by atoms with Crippen LogP contribution in [0.25, 0.3) is 11.1 Å². The summed E-state index contributed by atoms with van der Waals surface area (Å²) in [7, 11) is 0. The van der Waals surface area contributed by atoms with Crippen LogP contribution in [0.4, 0.5) is 10.5 Å². The minimum atomic E-state index is -0.562. The maximum atomic E-state index is 11.8. The lowest BCUT2D eigenvalue weighted by molar-refractivity contribution is -0.268. The van der Waals surface area contributed by atoms with Crippen molar-refractivity contribution in [3.05, 3.63) is 119 Å². The molecule has 0 aliphatic carbocycles. The zero-order chi connectivity index (χ0) is 32.5. The van der Waals surface area contributed by atoms with Gasteiger partial charge in [0.1, 0.15) is 0 Å². The first-order valence-corrected chi connectivity index (χ1v) is 16.5. The Hall–Kier alpha value is -4.15. The van der Waals surface area contributed by atoms with E-state index >= 15 is 0 Å². The second-order valence-electron chi connectivity index (χ2n) is 11.4. The van der Waals surface area contributed by atoms with Gasteiger partial charge in [0.15, 0.2) is 6.29 Å². The Labute approximate surface area is 274 Å². The molecule has 4 aromatic carbocycles. The van der Waals surface area contributed by atoms with E-state index in [0.29, 0.717) is 13.1 Å². The number of nitrogens with one attached hydrogen (secondary N) is 3. The van der Waals surface area contributed by atoms with Crippen molar-refractivity contribution < 1.29 is 24.2 Å². The highest BCUT2D eigenvalue weighted by Crippen LogP contribution is 2.43. The van der Waals surface area contributed by atoms with Crippen LogP contribution in [0.3, 0.4) is 0 Å². The number of ether oxygens (including phenoxy) is 2. The van der Waals surface area contributed by atoms with Crippen molar-refractivity contribution in [1.82, 2.24) is 10.6 Å². The fourth-order valence-electron chi connectivity index (χ4n) is 5.42. The predicted octanol–water partition coefficient (Wildman–Crippen LogP) is 7.21. The number of benzene rings is 4. The summed E-state index contributed by atoms with van der Waals surface area (Å²) in [6, 6.07) is 31.9. The predicted molar refractivity (Wildman–Crippen MR) is 182 cm³/mol. The van der Waals surface area contributed by atoms with E-state index in [1.54, 1.807) is 11.8 Å². The minimum absolute atomic E-state index is 0.00690. The fraction of sp³-hybridized carbons (Fsp3) is 0.297. The molecular weight excluding hydrogens is 598 g/mol. The van der Waals surface area contributed by atoms with Crippen LogP contribution in [-0.4, -0.2) is 35.4 Å². The summed E-state index contributed by atoms with van der Waals surface area (Å²) in [6.07, 6.45) is -0.865. The summed E-state index contributed by atoms with van der Waals surface area (Å²) in [5.41, 5.74) is 6.72. The SMILES string of the molecule is CCNC(=O)NCc1cccc(-c2ccc([C@H]3O[C@@H](CSc4ccc(NC(C)=O)cc4)[C@@H](C)[C@@H](c4ccc(CO)cc4)O3)cc2)c1. The normalized spacial score (nSPS) is 19.3. The Morgan fingerprint density at radius 1 is 0.826 bits per heavy atom. The Balaban J connectivity index is 1.32. The van der Waals surface area contributed by atoms with Gasteiger partial charge in [-0.1, -0.05) is 73.7 Å². The summed E-state index contributed by atoms with van der Waals surface area (Å²) < 4.78 is 13.3. The first-order valence-electron chi connectivity index (χ1n) is 15.5. The quantitative estimate of drug-likeness (QED) is 0.129. The van der Waals surface area contributed by atoms with E-state index in [4.69, 9.17) is 9.47 Å². The van der Waals surface area contributed by atoms with Crippen molar-refractivity contribution in [2.24, 2.45) is 5.92 Å². The van der Waals surface area contributed by atoms with Crippen molar-refractivity contribution in [2.75, 3.05) is 17.6 Å². The highest BCUT2D eigenvalue weighted by atomic mass is 32.2. The molecule has 46 heavy (non-hydrogen) atoms. The maximum absolute atomic E-state index is 11.8. The number of aliphatic hydroxyl groups is 1. The molecule has 3 amide bonds. The molecule has 0 unspecified atom stereocenters. The molecule has 1 saturated heterocycles. The summed E-state index contributed by atoms with van der Waals surface area (Å²) in [5.74, 6) is 0.694. The number of hydrogen-bond acceptors (Lipinski definition) is 6. The number of hydrogen-bond donors (Lipinski definition) is 4. The second kappa shape index (κ2) is 15.9. The van der Waals surface area contributed by atoms with Gasteiger partial charge < -0.3 is 30.5 Å². The molecule has 0 bridgehead atoms. The first-order chi connectivity index (χ1) is 22.3. The van der Waals surface area contributed by atoms with E-state index in [9.17, 15) is 14.7 Å². The standard InChI is InChI=1S/C37H41N3O5S/c1-4-38-37(43)39-21-27-6-5-7-31(20-27)28-12-14-30(15-13-28)36-44-34(23-46-33-18-16-32(17-19-33)40-25(3)42)24(2)35(45-36)29-10-8-26(22-41)9-11-29/h5-20,24,34-36,41H,4,21-23H2,1-3H3,(H,40,42)(H2,38,39,43)/t24-,34+,35+,36+/m1/s1. The summed E-state index contributed by atoms with van der Waals surface area (Å²) in [4.78, 5) is 24.3. The topological polar surface area (TPSA) is 109 Å². The van der Waals surface area contributed by atoms with E-state index in [1.165, 1.54) is 6.92 Å². The summed E-state index contributed by atoms with van der Waals surface area (Å²) >= 11 is 1.71. The molecule has 5 rings (SSSR count). The zero-order valence-electron chi connectivity index (χ0n) is 26.4. The average Bonchev–Trinajstić information content (AvgIpc) is 3.08. The van der Waals surface area contributed by atoms with Gasteiger partial charge in [0.05, 0.1) is 18.8 Å². The van der Waals surface area contributed by atoms with Crippen molar-refractivity contribution in [3.8, 4) is 11.1 Å². The van der Waals surface area contributed by atoms with Gasteiger partial charge in [0, 0.05) is 47.8 Å². The molecule has 0 spiro atoms. The van der Waals surface area contributed by atoms with Crippen LogP contribution in [0.1, 0.15) is 55.4 Å². The Bertz CT molecular complexity index is 1600. The Morgan fingerprint density at radius 3 is 2.22 bits per heavy atom. The largest absolute Gasteiger partial charge is 0.392 e. The molecule has 4 atom stereocenters. The third-order valence-corrected chi connectivity index (χ3v) is 9.05. The van der Waals surface area contributed by atoms with E-state index in [2.05, 4.69) is 47.1 Å². The lowest BCUT2D eigenvalue weighted by Gasteiger charge is -2.41. The molecule has 1 aliphatic rings. The van der Waals surface area contributed by atoms with Crippen LogP contribution in [-0.2, 0) is 27.4 Å². The van der Waals surface area contributed by atoms with E-state index in [1.807, 2.05) is 79.7 Å². The average molecular weight is 640 g/mol. The van der Waals surface area contributed by atoms with Crippen LogP contribution in [0.2, 0.25) is 0 Å². The van der Waals surface area contributed by atoms with Gasteiger partial charge in [-0.05, 0) is 65.1 Å². The van der Waals surface area contributed by atoms with Gasteiger partial charge in [0.2, 0.25) is 5.91 Å². The molecule has 0 saturated carbocycles. The number of anilines is 1. The molecule has 0 radical (unpaired) electrons. The number of carbonyl (C=O) groups is 2. The zero-order valence-corrected chi connectivity index (χ0v) is 27.2. The molecule has 9 heteroatoms. The number of rotatable bonds is 11. The van der Waals surface area contributed by atoms with Crippen LogP contribution < -0.4 is 16.0 Å². The number of amides is 3. The molecule has 1 heterocycles. The molecule has 4 N–H and O–H groups in total. The van der Waals surface area contributed by atoms with Crippen molar-refractivity contribution >= 4 is 29.4 Å². The van der Waals surface area contributed by atoms with Crippen LogP contribution in [0.5, 0.6) is 0 Å². The number of carbonyl (C=O) groups excluding carboxylic acids is 2. The highest BCUT2D eigenvalue weighted by Gasteiger charge is 2.38. The lowest BCUT2D eigenvalue weighted by atomic mass is 9.91. The fourth-order valence-corrected chi connectivity index (χ4v) is 6.49. The van der Waals surface area contributed by atoms with Gasteiger partial charge in [-0.3, -0.25) is 4.79 Å². The maximum Gasteiger partial charge on any atom is 0.315 e. The monoisotopic (exact) mass is 639 g/mol. The van der Waals surface area contributed by atoms with E-state index in [-0.39, 0.29) is 36.7 Å². The minimum Gasteiger partial charge on any atom is -0.392 e. The third-order valence-electron chi connectivity index (χ3n) is 7.95. The van der Waals surface area contributed by atoms with Gasteiger partial charge >= 0.3 is 6.03 Å². The summed E-state index contributed by atoms with van der Waals surface area (Å²) in [6.45, 7) is 6.56. The van der Waals surface area contributed by atoms with Gasteiger partial charge in [-0.15, -0.1) is 11.8 Å². The van der Waals surface area contributed by atoms with E-state index in [0.717, 1.165) is 49.7 Å². The first kappa shape index (κ1) is 33.2. The third kappa shape index (κ3) is 8.76. The van der Waals surface area contributed by atoms with Gasteiger partial charge in [-0.2, -0.15) is 0 Å². The molecule has 8 nitrogen and oxygen atoms in total. The molecule has 4 aromatic rings. The highest BCUT2D eigenvalue weighted by molar-refractivity contribution is 7.99. The summed E-state index contributed by atoms with van der Waals surface area (Å²) in [5, 5.41) is 18.0. The van der Waals surface area contributed by atoms with Gasteiger partial charge in [0.25, 0.3) is 0 Å². The van der Waals surface area contributed by atoms with Crippen LogP contribution in [0, 0.1) is 5.92 Å². The Morgan fingerprint density at radius 2 is 1.54 bits per heavy atom. The van der Waals surface area contributed by atoms with E-state index < -0.39 is 6.29 Å². The number of aliphatic hydroxyl groups excluding tert-OH is 1. The van der Waals surface area contributed by atoms with Crippen LogP contribution in [0.15, 0.2) is 102 Å². The van der Waals surface area contributed by atoms with Crippen LogP contribution >= 0.6 is 11.8 Å². The smallest absolute Gasteiger partial charge is 0.315 e. The second-order valence-corrected chi connectivity index (χ2v) is 12.5. The lowest BCUT2D eigenvalue weighted by Crippen LogP contribution is -2.38. The Kier molecular flexibility index (Phi) is 11.5. The van der Waals surface area contributed by atoms with Crippen molar-refractivity contribution in [1.29, 1.82) is 0 Å². The molecular formula is C37H41N3O5S. The number of urea groups is 1. The molecule has 1 aliphatic heterocycles. The molecule has 0 aromatic heterocycles. The molecule has 1 fully saturated rings. The van der Waals surface area contributed by atoms with Gasteiger partial charge in [-0.25, -0.2) is 4.79 Å². The van der Waals surface area contributed by atoms with Crippen molar-refractivity contribution in [3.63, 3.8) is 0 Å². The molecule has 240 valence electrons. The van der Waals surface area contributed by atoms with Crippen molar-refractivity contribution in [2.45, 2.75) is 57.3 Å².